The molecule has 2 aromatic heterocycles. The molecule has 0 saturated carbocycles. The Morgan fingerprint density at radius 1 is 1.38 bits per heavy atom. The van der Waals surface area contributed by atoms with Crippen LogP contribution in [-0.4, -0.2) is 45.0 Å². The van der Waals surface area contributed by atoms with Gasteiger partial charge in [-0.25, -0.2) is 4.79 Å². The van der Waals surface area contributed by atoms with Crippen molar-refractivity contribution in [3.8, 4) is 0 Å². The second-order valence-corrected chi connectivity index (χ2v) is 6.21. The van der Waals surface area contributed by atoms with Crippen LogP contribution in [0.25, 0.3) is 0 Å². The average molecular weight is 346 g/mol. The summed E-state index contributed by atoms with van der Waals surface area (Å²) < 4.78 is 3.75. The molecule has 0 unspecified atom stereocenters. The highest BCUT2D eigenvalue weighted by Gasteiger charge is 2.29. The lowest BCUT2D eigenvalue weighted by Crippen LogP contribution is -2.41. The summed E-state index contributed by atoms with van der Waals surface area (Å²) in [6, 6.07) is 3.58. The highest BCUT2D eigenvalue weighted by molar-refractivity contribution is 7.10. The van der Waals surface area contributed by atoms with E-state index >= 15 is 0 Å². The fraction of sp³-hybridized carbons (Fsp3) is 0.400. The first-order valence-electron chi connectivity index (χ1n) is 7.72. The van der Waals surface area contributed by atoms with Crippen molar-refractivity contribution >= 4 is 28.5 Å². The first kappa shape index (κ1) is 16.3. The van der Waals surface area contributed by atoms with Crippen LogP contribution in [0, 0.1) is 0 Å². The normalized spacial score (nSPS) is 17.4. The summed E-state index contributed by atoms with van der Waals surface area (Å²) in [5.41, 5.74) is 1.15. The molecule has 2 aromatic rings. The van der Waals surface area contributed by atoms with Crippen LogP contribution in [0.1, 0.15) is 41.4 Å². The summed E-state index contributed by atoms with van der Waals surface area (Å²) in [4.78, 5) is 30.4. The Bertz CT molecular complexity index is 720. The van der Waals surface area contributed by atoms with Gasteiger partial charge in [-0.2, -0.15) is 0 Å². The Morgan fingerprint density at radius 3 is 3.00 bits per heavy atom. The minimum atomic E-state index is -0.374. The number of piperidine rings is 1. The molecule has 9 heteroatoms. The molecule has 24 heavy (non-hydrogen) atoms. The van der Waals surface area contributed by atoms with Crippen LogP contribution < -0.4 is 10.6 Å². The minimum Gasteiger partial charge on any atom is -0.354 e. The summed E-state index contributed by atoms with van der Waals surface area (Å²) in [6.45, 7) is 0.660. The Balaban J connectivity index is 1.78. The molecule has 126 valence electrons. The van der Waals surface area contributed by atoms with E-state index in [-0.39, 0.29) is 23.7 Å². The van der Waals surface area contributed by atoms with Gasteiger partial charge in [-0.05, 0) is 30.9 Å². The number of nitrogens with zero attached hydrogens (tertiary/aromatic N) is 4. The van der Waals surface area contributed by atoms with Crippen molar-refractivity contribution in [1.82, 2.24) is 24.8 Å². The van der Waals surface area contributed by atoms with Crippen molar-refractivity contribution < 1.29 is 9.59 Å². The number of pyridine rings is 1. The molecular weight excluding hydrogens is 328 g/mol. The molecule has 0 radical (unpaired) electrons. The number of hydrogen-bond donors (Lipinski definition) is 2. The van der Waals surface area contributed by atoms with E-state index in [2.05, 4.69) is 25.2 Å². The molecule has 2 N–H and O–H groups in total. The predicted octanol–water partition coefficient (Wildman–Crippen LogP) is 2.05. The molecule has 1 atom stereocenters. The molecular formula is C15H18N6O2S. The van der Waals surface area contributed by atoms with Crippen LogP contribution >= 0.6 is 11.5 Å². The highest BCUT2D eigenvalue weighted by atomic mass is 32.1. The number of carbonyl (C=O) groups excluding carboxylic acids is 2. The third-order valence-electron chi connectivity index (χ3n) is 3.98. The predicted molar refractivity (Wildman–Crippen MR) is 89.9 cm³/mol. The van der Waals surface area contributed by atoms with Gasteiger partial charge in [0, 0.05) is 37.5 Å². The fourth-order valence-corrected chi connectivity index (χ4v) is 3.36. The number of hydrogen-bond acceptors (Lipinski definition) is 6. The molecule has 1 aliphatic heterocycles. The van der Waals surface area contributed by atoms with Crippen LogP contribution in [0.4, 0.5) is 9.80 Å². The molecule has 1 aliphatic rings. The van der Waals surface area contributed by atoms with Crippen molar-refractivity contribution in [1.29, 1.82) is 0 Å². The minimum absolute atomic E-state index is 0.0169. The second-order valence-electron chi connectivity index (χ2n) is 5.45. The molecule has 1 fully saturated rings. The molecule has 0 aromatic carbocycles. The van der Waals surface area contributed by atoms with Gasteiger partial charge in [0.2, 0.25) is 0 Å². The zero-order valence-corrected chi connectivity index (χ0v) is 14.0. The highest BCUT2D eigenvalue weighted by Crippen LogP contribution is 2.31. The average Bonchev–Trinajstić information content (AvgIpc) is 3.10. The quantitative estimate of drug-likeness (QED) is 0.886. The summed E-state index contributed by atoms with van der Waals surface area (Å²) >= 11 is 0.990. The third-order valence-corrected chi connectivity index (χ3v) is 4.62. The van der Waals surface area contributed by atoms with Gasteiger partial charge in [-0.1, -0.05) is 10.6 Å². The van der Waals surface area contributed by atoms with Gasteiger partial charge in [0.25, 0.3) is 5.91 Å². The number of rotatable bonds is 3. The summed E-state index contributed by atoms with van der Waals surface area (Å²) in [5, 5.41) is 9.39. The number of nitrogens with one attached hydrogen (secondary N) is 2. The van der Waals surface area contributed by atoms with E-state index < -0.39 is 0 Å². The van der Waals surface area contributed by atoms with Gasteiger partial charge in [0.15, 0.2) is 10.7 Å². The molecule has 0 spiro atoms. The van der Waals surface area contributed by atoms with Crippen molar-refractivity contribution in [3.05, 3.63) is 35.8 Å². The number of aromatic nitrogens is 3. The van der Waals surface area contributed by atoms with E-state index in [4.69, 9.17) is 0 Å². The molecule has 3 amide bonds. The van der Waals surface area contributed by atoms with Crippen LogP contribution in [0.5, 0.6) is 0 Å². The van der Waals surface area contributed by atoms with Gasteiger partial charge in [-0.3, -0.25) is 15.1 Å². The van der Waals surface area contributed by atoms with Gasteiger partial charge in [-0.15, -0.1) is 5.10 Å². The fourth-order valence-electron chi connectivity index (χ4n) is 2.80. The van der Waals surface area contributed by atoms with Gasteiger partial charge >= 0.3 is 6.03 Å². The molecule has 1 saturated heterocycles. The van der Waals surface area contributed by atoms with Crippen molar-refractivity contribution in [2.45, 2.75) is 25.3 Å². The van der Waals surface area contributed by atoms with Crippen LogP contribution in [-0.2, 0) is 0 Å². The Labute approximate surface area is 143 Å². The molecule has 8 nitrogen and oxygen atoms in total. The molecule has 0 aliphatic carbocycles. The van der Waals surface area contributed by atoms with Crippen LogP contribution in [0.15, 0.2) is 24.5 Å². The Morgan fingerprint density at radius 2 is 2.25 bits per heavy atom. The summed E-state index contributed by atoms with van der Waals surface area (Å²) in [7, 11) is 1.51. The van der Waals surface area contributed by atoms with Crippen LogP contribution in [0.3, 0.4) is 0 Å². The first-order valence-corrected chi connectivity index (χ1v) is 8.50. The SMILES string of the molecule is CNC(=O)c1nnsc1NC(=O)N1CCCC[C@@H]1c1cccnc1. The maximum Gasteiger partial charge on any atom is 0.323 e. The van der Waals surface area contributed by atoms with E-state index in [1.54, 1.807) is 17.3 Å². The van der Waals surface area contributed by atoms with Crippen LogP contribution in [0.2, 0.25) is 0 Å². The Kier molecular flexibility index (Phi) is 4.99. The molecule has 3 rings (SSSR count). The number of amides is 3. The molecule has 3 heterocycles. The van der Waals surface area contributed by atoms with E-state index in [9.17, 15) is 9.59 Å². The first-order chi connectivity index (χ1) is 11.7. The van der Waals surface area contributed by atoms with Crippen molar-refractivity contribution in [2.24, 2.45) is 0 Å². The number of likely N-dealkylation sites (tertiary alicyclic amines) is 1. The number of anilines is 1. The van der Waals surface area contributed by atoms with E-state index in [1.165, 1.54) is 7.05 Å². The molecule has 0 bridgehead atoms. The van der Waals surface area contributed by atoms with E-state index in [0.717, 1.165) is 36.4 Å². The Hall–Kier alpha value is -2.55. The zero-order chi connectivity index (χ0) is 16.9. The van der Waals surface area contributed by atoms with E-state index in [1.807, 2.05) is 12.1 Å². The summed E-state index contributed by atoms with van der Waals surface area (Å²) in [6.07, 6.45) is 6.42. The number of carbonyl (C=O) groups is 2. The lowest BCUT2D eigenvalue weighted by Gasteiger charge is -2.35. The monoisotopic (exact) mass is 346 g/mol. The maximum absolute atomic E-state index is 12.7. The van der Waals surface area contributed by atoms with Gasteiger partial charge < -0.3 is 10.2 Å². The maximum atomic E-state index is 12.7. The largest absolute Gasteiger partial charge is 0.354 e. The van der Waals surface area contributed by atoms with Crippen molar-refractivity contribution in [2.75, 3.05) is 18.9 Å². The zero-order valence-electron chi connectivity index (χ0n) is 13.2. The van der Waals surface area contributed by atoms with Gasteiger partial charge in [0.1, 0.15) is 0 Å². The van der Waals surface area contributed by atoms with E-state index in [0.29, 0.717) is 11.5 Å². The summed E-state index contributed by atoms with van der Waals surface area (Å²) in [5.74, 6) is -0.374. The van der Waals surface area contributed by atoms with Crippen molar-refractivity contribution in [3.63, 3.8) is 0 Å². The number of urea groups is 1. The standard InChI is InChI=1S/C15H18N6O2S/c1-16-13(22)12-14(24-20-19-12)18-15(23)21-8-3-2-6-11(21)10-5-4-7-17-9-10/h4-5,7,9,11H,2-3,6,8H2,1H3,(H,16,22)(H,18,23)/t11-/m1/s1. The lowest BCUT2D eigenvalue weighted by atomic mass is 9.97. The topological polar surface area (TPSA) is 100 Å². The van der Waals surface area contributed by atoms with Gasteiger partial charge in [0.05, 0.1) is 6.04 Å². The second kappa shape index (κ2) is 7.35. The third kappa shape index (κ3) is 3.35. The lowest BCUT2D eigenvalue weighted by molar-refractivity contribution is 0.0959. The smallest absolute Gasteiger partial charge is 0.323 e.